The maximum absolute atomic E-state index is 13.0. The number of rotatable bonds is 5. The van der Waals surface area contributed by atoms with Crippen LogP contribution in [-0.4, -0.2) is 13.1 Å². The minimum Gasteiger partial charge on any atom is -0.465 e. The van der Waals surface area contributed by atoms with E-state index >= 15 is 0 Å². The number of carbonyl (C=O) groups is 1. The van der Waals surface area contributed by atoms with Gasteiger partial charge < -0.3 is 15.2 Å². The van der Waals surface area contributed by atoms with Crippen LogP contribution in [0.1, 0.15) is 10.4 Å². The van der Waals surface area contributed by atoms with Gasteiger partial charge in [0.15, 0.2) is 0 Å². The molecule has 0 spiro atoms. The van der Waals surface area contributed by atoms with E-state index in [4.69, 9.17) is 10.5 Å². The van der Waals surface area contributed by atoms with Gasteiger partial charge >= 0.3 is 5.97 Å². The quantitative estimate of drug-likeness (QED) is 0.498. The van der Waals surface area contributed by atoms with Crippen molar-refractivity contribution in [1.29, 1.82) is 0 Å². The van der Waals surface area contributed by atoms with Crippen molar-refractivity contribution in [2.75, 3.05) is 12.8 Å². The SMILES string of the molecule is COC(=O)c1ccc(Sc2cc(N)cc(Oc3ccc(F)cc3)c2)cc1. The molecular formula is C20H16FNO3S. The van der Waals surface area contributed by atoms with Crippen molar-refractivity contribution in [1.82, 2.24) is 0 Å². The van der Waals surface area contributed by atoms with E-state index in [0.717, 1.165) is 9.79 Å². The molecule has 0 aliphatic heterocycles. The van der Waals surface area contributed by atoms with Crippen LogP contribution in [-0.2, 0) is 4.74 Å². The third-order valence-electron chi connectivity index (χ3n) is 3.46. The zero-order chi connectivity index (χ0) is 18.5. The van der Waals surface area contributed by atoms with Gasteiger partial charge in [-0.3, -0.25) is 0 Å². The Labute approximate surface area is 154 Å². The van der Waals surface area contributed by atoms with Crippen LogP contribution in [0.4, 0.5) is 10.1 Å². The number of anilines is 1. The molecule has 3 rings (SSSR count). The maximum atomic E-state index is 13.0. The number of methoxy groups -OCH3 is 1. The van der Waals surface area contributed by atoms with Crippen LogP contribution in [0.5, 0.6) is 11.5 Å². The van der Waals surface area contributed by atoms with Crippen molar-refractivity contribution < 1.29 is 18.7 Å². The molecule has 3 aromatic carbocycles. The van der Waals surface area contributed by atoms with Crippen LogP contribution in [0.25, 0.3) is 0 Å². The van der Waals surface area contributed by atoms with E-state index < -0.39 is 0 Å². The summed E-state index contributed by atoms with van der Waals surface area (Å²) in [5.41, 5.74) is 7.00. The van der Waals surface area contributed by atoms with Crippen molar-refractivity contribution in [3.63, 3.8) is 0 Å². The summed E-state index contributed by atoms with van der Waals surface area (Å²) in [6, 6.07) is 18.2. The number of ether oxygens (including phenoxy) is 2. The van der Waals surface area contributed by atoms with Gasteiger partial charge in [-0.2, -0.15) is 0 Å². The van der Waals surface area contributed by atoms with Gasteiger partial charge in [0.25, 0.3) is 0 Å². The lowest BCUT2D eigenvalue weighted by Gasteiger charge is -2.09. The summed E-state index contributed by atoms with van der Waals surface area (Å²) in [5.74, 6) is 0.387. The van der Waals surface area contributed by atoms with E-state index in [9.17, 15) is 9.18 Å². The Kier molecular flexibility index (Phi) is 5.43. The average Bonchev–Trinajstić information content (AvgIpc) is 2.63. The molecule has 0 aromatic heterocycles. The van der Waals surface area contributed by atoms with Gasteiger partial charge in [-0.1, -0.05) is 11.8 Å². The van der Waals surface area contributed by atoms with Crippen LogP contribution in [0.15, 0.2) is 76.5 Å². The summed E-state index contributed by atoms with van der Waals surface area (Å²) >= 11 is 1.48. The second-order valence-electron chi connectivity index (χ2n) is 5.41. The molecular weight excluding hydrogens is 353 g/mol. The zero-order valence-corrected chi connectivity index (χ0v) is 14.8. The lowest BCUT2D eigenvalue weighted by atomic mass is 10.2. The summed E-state index contributed by atoms with van der Waals surface area (Å²) < 4.78 is 23.4. The molecule has 0 saturated carbocycles. The Hall–Kier alpha value is -2.99. The molecule has 6 heteroatoms. The molecule has 0 amide bonds. The van der Waals surface area contributed by atoms with Crippen molar-refractivity contribution in [3.05, 3.63) is 78.1 Å². The molecule has 4 nitrogen and oxygen atoms in total. The van der Waals surface area contributed by atoms with E-state index in [1.54, 1.807) is 30.3 Å². The summed E-state index contributed by atoms with van der Waals surface area (Å²) in [7, 11) is 1.35. The van der Waals surface area contributed by atoms with Crippen molar-refractivity contribution in [3.8, 4) is 11.5 Å². The molecule has 0 fully saturated rings. The van der Waals surface area contributed by atoms with Gasteiger partial charge in [-0.05, 0) is 60.7 Å². The van der Waals surface area contributed by atoms with E-state index in [1.807, 2.05) is 24.3 Å². The smallest absolute Gasteiger partial charge is 0.337 e. The first-order valence-electron chi connectivity index (χ1n) is 7.74. The largest absolute Gasteiger partial charge is 0.465 e. The molecule has 0 heterocycles. The molecule has 0 saturated heterocycles. The number of carbonyl (C=O) groups excluding carboxylic acids is 1. The highest BCUT2D eigenvalue weighted by molar-refractivity contribution is 7.99. The second kappa shape index (κ2) is 7.93. The topological polar surface area (TPSA) is 61.5 Å². The Morgan fingerprint density at radius 3 is 2.27 bits per heavy atom. The molecule has 0 atom stereocenters. The Balaban J connectivity index is 1.77. The highest BCUT2D eigenvalue weighted by Crippen LogP contribution is 2.34. The van der Waals surface area contributed by atoms with Gasteiger partial charge in [0.2, 0.25) is 0 Å². The third kappa shape index (κ3) is 4.55. The number of hydrogen-bond acceptors (Lipinski definition) is 5. The average molecular weight is 369 g/mol. The number of hydrogen-bond donors (Lipinski definition) is 1. The van der Waals surface area contributed by atoms with Gasteiger partial charge in [0.05, 0.1) is 12.7 Å². The van der Waals surface area contributed by atoms with Gasteiger partial charge in [-0.15, -0.1) is 0 Å². The van der Waals surface area contributed by atoms with Crippen LogP contribution < -0.4 is 10.5 Å². The summed E-state index contributed by atoms with van der Waals surface area (Å²) in [4.78, 5) is 13.3. The standard InChI is InChI=1S/C20H16FNO3S/c1-24-20(23)13-2-8-18(9-3-13)26-19-11-15(22)10-17(12-19)25-16-6-4-14(21)5-7-16/h2-12H,22H2,1H3. The third-order valence-corrected chi connectivity index (χ3v) is 4.44. The van der Waals surface area contributed by atoms with Crippen LogP contribution >= 0.6 is 11.8 Å². The fourth-order valence-electron chi connectivity index (χ4n) is 2.26. The number of halogens is 1. The number of nitrogens with two attached hydrogens (primary N) is 1. The van der Waals surface area contributed by atoms with Gasteiger partial charge in [0.1, 0.15) is 17.3 Å². The first-order valence-corrected chi connectivity index (χ1v) is 8.55. The first kappa shape index (κ1) is 17.8. The van der Waals surface area contributed by atoms with Crippen LogP contribution in [0.2, 0.25) is 0 Å². The Bertz CT molecular complexity index is 911. The number of benzene rings is 3. The molecule has 132 valence electrons. The Morgan fingerprint density at radius 2 is 1.62 bits per heavy atom. The van der Waals surface area contributed by atoms with Gasteiger partial charge in [0, 0.05) is 21.5 Å². The van der Waals surface area contributed by atoms with E-state index in [0.29, 0.717) is 22.7 Å². The Morgan fingerprint density at radius 1 is 0.923 bits per heavy atom. The fourth-order valence-corrected chi connectivity index (χ4v) is 3.18. The monoisotopic (exact) mass is 369 g/mol. The van der Waals surface area contributed by atoms with Crippen molar-refractivity contribution in [2.24, 2.45) is 0 Å². The molecule has 26 heavy (non-hydrogen) atoms. The molecule has 0 aliphatic rings. The molecule has 2 N–H and O–H groups in total. The summed E-state index contributed by atoms with van der Waals surface area (Å²) in [5, 5.41) is 0. The minimum absolute atomic E-state index is 0.323. The van der Waals surface area contributed by atoms with Crippen LogP contribution in [0.3, 0.4) is 0 Å². The molecule has 3 aromatic rings. The van der Waals surface area contributed by atoms with E-state index in [1.165, 1.54) is 31.0 Å². The molecule has 0 aliphatic carbocycles. The van der Waals surface area contributed by atoms with E-state index in [2.05, 4.69) is 4.74 Å². The fraction of sp³-hybridized carbons (Fsp3) is 0.0500. The lowest BCUT2D eigenvalue weighted by molar-refractivity contribution is 0.0600. The zero-order valence-electron chi connectivity index (χ0n) is 13.9. The number of nitrogen functional groups attached to an aromatic ring is 1. The van der Waals surface area contributed by atoms with Crippen molar-refractivity contribution in [2.45, 2.75) is 9.79 Å². The molecule has 0 bridgehead atoms. The second-order valence-corrected chi connectivity index (χ2v) is 6.56. The summed E-state index contributed by atoms with van der Waals surface area (Å²) in [6.07, 6.45) is 0. The first-order chi connectivity index (χ1) is 12.5. The normalized spacial score (nSPS) is 10.4. The van der Waals surface area contributed by atoms with E-state index in [-0.39, 0.29) is 11.8 Å². The lowest BCUT2D eigenvalue weighted by Crippen LogP contribution is -2.00. The van der Waals surface area contributed by atoms with Crippen molar-refractivity contribution >= 4 is 23.4 Å². The number of esters is 1. The van der Waals surface area contributed by atoms with Crippen LogP contribution in [0, 0.1) is 5.82 Å². The highest BCUT2D eigenvalue weighted by atomic mass is 32.2. The van der Waals surface area contributed by atoms with Gasteiger partial charge in [-0.25, -0.2) is 9.18 Å². The highest BCUT2D eigenvalue weighted by Gasteiger charge is 2.07. The maximum Gasteiger partial charge on any atom is 0.337 e. The molecule has 0 radical (unpaired) electrons. The minimum atomic E-state index is -0.375. The summed E-state index contributed by atoms with van der Waals surface area (Å²) in [6.45, 7) is 0. The molecule has 0 unspecified atom stereocenters. The predicted molar refractivity (Wildman–Crippen MR) is 99.2 cm³/mol. The predicted octanol–water partition coefficient (Wildman–Crippen LogP) is 5.14.